The highest BCUT2D eigenvalue weighted by Crippen LogP contribution is 2.35. The number of rotatable bonds is 4. The van der Waals surface area contributed by atoms with E-state index in [9.17, 15) is 4.79 Å². The summed E-state index contributed by atoms with van der Waals surface area (Å²) in [6.45, 7) is 7.24. The summed E-state index contributed by atoms with van der Waals surface area (Å²) in [5, 5.41) is 5.33. The van der Waals surface area contributed by atoms with Crippen LogP contribution in [0.15, 0.2) is 30.3 Å². The number of hydrogen-bond donors (Lipinski definition) is 0. The normalized spacial score (nSPS) is 16.7. The number of nitrogens with zero attached hydrogens (tertiary/aromatic N) is 4. The maximum atomic E-state index is 13.6. The van der Waals surface area contributed by atoms with Gasteiger partial charge in [-0.05, 0) is 57.4 Å². The van der Waals surface area contributed by atoms with Gasteiger partial charge in [0.05, 0.1) is 29.3 Å². The van der Waals surface area contributed by atoms with Gasteiger partial charge in [-0.1, -0.05) is 12.1 Å². The lowest BCUT2D eigenvalue weighted by Crippen LogP contribution is -2.31. The number of amides is 1. The van der Waals surface area contributed by atoms with Crippen LogP contribution < -0.4 is 4.74 Å². The van der Waals surface area contributed by atoms with E-state index in [1.807, 2.05) is 50.9 Å². The predicted molar refractivity (Wildman–Crippen MR) is 109 cm³/mol. The van der Waals surface area contributed by atoms with Crippen LogP contribution in [0.4, 0.5) is 0 Å². The molecule has 1 atom stereocenters. The van der Waals surface area contributed by atoms with E-state index in [1.165, 1.54) is 0 Å². The summed E-state index contributed by atoms with van der Waals surface area (Å²) in [6.07, 6.45) is 1.97. The minimum atomic E-state index is 0.0583. The van der Waals surface area contributed by atoms with Crippen molar-refractivity contribution in [2.75, 3.05) is 13.2 Å². The van der Waals surface area contributed by atoms with Crippen molar-refractivity contribution in [2.45, 2.75) is 39.7 Å². The maximum Gasteiger partial charge on any atom is 0.255 e. The SMILES string of the molecule is CCOc1ccc(C2CCCN2C(=O)c2cc(C)nc3c2c(C)nn3C)cc1. The van der Waals surface area contributed by atoms with Crippen LogP contribution in [0.3, 0.4) is 0 Å². The van der Waals surface area contributed by atoms with E-state index in [0.29, 0.717) is 12.2 Å². The van der Waals surface area contributed by atoms with Gasteiger partial charge in [0.2, 0.25) is 0 Å². The Labute approximate surface area is 165 Å². The van der Waals surface area contributed by atoms with Crippen molar-refractivity contribution in [1.82, 2.24) is 19.7 Å². The van der Waals surface area contributed by atoms with Crippen LogP contribution in [0.2, 0.25) is 0 Å². The van der Waals surface area contributed by atoms with Gasteiger partial charge in [0.15, 0.2) is 5.65 Å². The average Bonchev–Trinajstić information content (AvgIpc) is 3.27. The number of hydrogen-bond acceptors (Lipinski definition) is 4. The molecule has 4 rings (SSSR count). The molecule has 3 heterocycles. The van der Waals surface area contributed by atoms with E-state index in [-0.39, 0.29) is 11.9 Å². The van der Waals surface area contributed by atoms with E-state index < -0.39 is 0 Å². The minimum absolute atomic E-state index is 0.0583. The monoisotopic (exact) mass is 378 g/mol. The van der Waals surface area contributed by atoms with Crippen molar-refractivity contribution >= 4 is 16.9 Å². The summed E-state index contributed by atoms with van der Waals surface area (Å²) >= 11 is 0. The van der Waals surface area contributed by atoms with Crippen molar-refractivity contribution < 1.29 is 9.53 Å². The molecule has 1 unspecified atom stereocenters. The molecule has 0 aliphatic carbocycles. The molecule has 0 bridgehead atoms. The molecule has 6 nitrogen and oxygen atoms in total. The molecular formula is C22H26N4O2. The molecule has 3 aromatic rings. The highest BCUT2D eigenvalue weighted by molar-refractivity contribution is 6.06. The van der Waals surface area contributed by atoms with Gasteiger partial charge in [-0.15, -0.1) is 0 Å². The number of likely N-dealkylation sites (tertiary alicyclic amines) is 1. The van der Waals surface area contributed by atoms with Crippen LogP contribution >= 0.6 is 0 Å². The zero-order chi connectivity index (χ0) is 19.8. The van der Waals surface area contributed by atoms with Gasteiger partial charge in [-0.3, -0.25) is 9.48 Å². The fourth-order valence-electron chi connectivity index (χ4n) is 4.20. The molecule has 0 spiro atoms. The van der Waals surface area contributed by atoms with Gasteiger partial charge < -0.3 is 9.64 Å². The number of aryl methyl sites for hydroxylation is 3. The number of carbonyl (C=O) groups is 1. The number of benzene rings is 1. The van der Waals surface area contributed by atoms with Crippen LogP contribution in [-0.2, 0) is 7.05 Å². The molecule has 6 heteroatoms. The Morgan fingerprint density at radius 1 is 1.25 bits per heavy atom. The van der Waals surface area contributed by atoms with Crippen LogP contribution in [0.25, 0.3) is 11.0 Å². The summed E-state index contributed by atoms with van der Waals surface area (Å²) in [5.74, 6) is 0.919. The molecule has 1 fully saturated rings. The average molecular weight is 378 g/mol. The van der Waals surface area contributed by atoms with Crippen molar-refractivity contribution in [2.24, 2.45) is 7.05 Å². The minimum Gasteiger partial charge on any atom is -0.494 e. The topological polar surface area (TPSA) is 60.2 Å². The number of pyridine rings is 1. The summed E-state index contributed by atoms with van der Waals surface area (Å²) in [4.78, 5) is 20.1. The summed E-state index contributed by atoms with van der Waals surface area (Å²) < 4.78 is 7.30. The summed E-state index contributed by atoms with van der Waals surface area (Å²) in [5.41, 5.74) is 4.28. The maximum absolute atomic E-state index is 13.6. The van der Waals surface area contributed by atoms with Crippen LogP contribution in [0.5, 0.6) is 5.75 Å². The third-order valence-electron chi connectivity index (χ3n) is 5.42. The zero-order valence-corrected chi connectivity index (χ0v) is 16.9. The lowest BCUT2D eigenvalue weighted by molar-refractivity contribution is 0.0737. The lowest BCUT2D eigenvalue weighted by Gasteiger charge is -2.26. The molecule has 1 aliphatic rings. The fourth-order valence-corrected chi connectivity index (χ4v) is 4.20. The number of aromatic nitrogens is 3. The quantitative estimate of drug-likeness (QED) is 0.689. The first-order chi connectivity index (χ1) is 13.5. The van der Waals surface area contributed by atoms with E-state index in [0.717, 1.165) is 53.1 Å². The fraction of sp³-hybridized carbons (Fsp3) is 0.409. The van der Waals surface area contributed by atoms with E-state index in [2.05, 4.69) is 22.2 Å². The highest BCUT2D eigenvalue weighted by atomic mass is 16.5. The number of ether oxygens (including phenoxy) is 1. The molecule has 0 saturated carbocycles. The van der Waals surface area contributed by atoms with Crippen molar-refractivity contribution in [3.8, 4) is 5.75 Å². The highest BCUT2D eigenvalue weighted by Gasteiger charge is 2.32. The van der Waals surface area contributed by atoms with E-state index in [4.69, 9.17) is 4.74 Å². The molecule has 1 aromatic carbocycles. The Balaban J connectivity index is 1.70. The molecule has 1 aliphatic heterocycles. The van der Waals surface area contributed by atoms with Gasteiger partial charge in [-0.25, -0.2) is 4.98 Å². The van der Waals surface area contributed by atoms with E-state index >= 15 is 0 Å². The first-order valence-corrected chi connectivity index (χ1v) is 9.84. The standard InChI is InChI=1S/C22H26N4O2/c1-5-28-17-10-8-16(9-11-17)19-7-6-12-26(19)22(27)18-13-14(2)23-21-20(18)15(3)24-25(21)4/h8-11,13,19H,5-7,12H2,1-4H3. The molecule has 0 N–H and O–H groups in total. The molecule has 1 amide bonds. The predicted octanol–water partition coefficient (Wildman–Crippen LogP) is 3.96. The summed E-state index contributed by atoms with van der Waals surface area (Å²) in [7, 11) is 1.87. The molecule has 28 heavy (non-hydrogen) atoms. The lowest BCUT2D eigenvalue weighted by atomic mass is 10.0. The number of fused-ring (bicyclic) bond motifs is 1. The second-order valence-electron chi connectivity index (χ2n) is 7.38. The zero-order valence-electron chi connectivity index (χ0n) is 16.9. The molecule has 146 valence electrons. The van der Waals surface area contributed by atoms with Crippen LogP contribution in [-0.4, -0.2) is 38.7 Å². The smallest absolute Gasteiger partial charge is 0.255 e. The Kier molecular flexibility index (Phi) is 4.79. The second kappa shape index (κ2) is 7.26. The molecule has 2 aromatic heterocycles. The third-order valence-corrected chi connectivity index (χ3v) is 5.42. The first-order valence-electron chi connectivity index (χ1n) is 9.84. The van der Waals surface area contributed by atoms with Crippen molar-refractivity contribution in [3.63, 3.8) is 0 Å². The molecule has 0 radical (unpaired) electrons. The van der Waals surface area contributed by atoms with Crippen LogP contribution in [0.1, 0.15) is 53.1 Å². The van der Waals surface area contributed by atoms with Gasteiger partial charge >= 0.3 is 0 Å². The van der Waals surface area contributed by atoms with E-state index in [1.54, 1.807) is 4.68 Å². The summed E-state index contributed by atoms with van der Waals surface area (Å²) in [6, 6.07) is 10.1. The first kappa shape index (κ1) is 18.5. The van der Waals surface area contributed by atoms with Crippen molar-refractivity contribution in [3.05, 3.63) is 52.8 Å². The van der Waals surface area contributed by atoms with Gasteiger partial charge in [0.1, 0.15) is 5.75 Å². The second-order valence-corrected chi connectivity index (χ2v) is 7.38. The van der Waals surface area contributed by atoms with Gasteiger partial charge in [0, 0.05) is 19.3 Å². The Morgan fingerprint density at radius 2 is 2.00 bits per heavy atom. The third kappa shape index (κ3) is 3.13. The van der Waals surface area contributed by atoms with Gasteiger partial charge in [-0.2, -0.15) is 5.10 Å². The Hall–Kier alpha value is -2.89. The van der Waals surface area contributed by atoms with Gasteiger partial charge in [0.25, 0.3) is 5.91 Å². The largest absolute Gasteiger partial charge is 0.494 e. The van der Waals surface area contributed by atoms with Crippen molar-refractivity contribution in [1.29, 1.82) is 0 Å². The molecular weight excluding hydrogens is 352 g/mol. The molecule has 1 saturated heterocycles. The Morgan fingerprint density at radius 3 is 2.71 bits per heavy atom. The number of carbonyl (C=O) groups excluding carboxylic acids is 1. The van der Waals surface area contributed by atoms with Crippen LogP contribution in [0, 0.1) is 13.8 Å². The Bertz CT molecular complexity index is 1020.